The molecule has 0 radical (unpaired) electrons. The third-order valence-electron chi connectivity index (χ3n) is 1.75. The van der Waals surface area contributed by atoms with E-state index in [-0.39, 0.29) is 5.91 Å². The van der Waals surface area contributed by atoms with E-state index in [0.717, 1.165) is 19.3 Å². The molecule has 13 heavy (non-hydrogen) atoms. The van der Waals surface area contributed by atoms with E-state index < -0.39 is 0 Å². The third kappa shape index (κ3) is 5.64. The van der Waals surface area contributed by atoms with E-state index in [1.165, 1.54) is 5.06 Å². The first kappa shape index (κ1) is 12.4. The van der Waals surface area contributed by atoms with Gasteiger partial charge in [-0.15, -0.1) is 0 Å². The van der Waals surface area contributed by atoms with Gasteiger partial charge in [-0.1, -0.05) is 27.2 Å². The Morgan fingerprint density at radius 2 is 1.92 bits per heavy atom. The van der Waals surface area contributed by atoms with E-state index in [9.17, 15) is 4.79 Å². The lowest BCUT2D eigenvalue weighted by Gasteiger charge is -2.20. The van der Waals surface area contributed by atoms with E-state index in [1.54, 1.807) is 0 Å². The molecular weight excluding hydrogens is 166 g/mol. The quantitative estimate of drug-likeness (QED) is 0.452. The molecule has 0 saturated heterocycles. The van der Waals surface area contributed by atoms with Gasteiger partial charge in [0.15, 0.2) is 0 Å². The minimum atomic E-state index is 0.0814. The molecule has 0 saturated carbocycles. The van der Waals surface area contributed by atoms with Crippen molar-refractivity contribution in [3.63, 3.8) is 0 Å². The van der Waals surface area contributed by atoms with Crippen molar-refractivity contribution < 1.29 is 9.63 Å². The minimum absolute atomic E-state index is 0.0814. The van der Waals surface area contributed by atoms with Crippen LogP contribution >= 0.6 is 0 Å². The highest BCUT2D eigenvalue weighted by Crippen LogP contribution is 1.99. The van der Waals surface area contributed by atoms with Crippen molar-refractivity contribution in [2.45, 2.75) is 46.5 Å². The predicted molar refractivity (Wildman–Crippen MR) is 53.2 cm³/mol. The normalized spacial score (nSPS) is 10.1. The number of carbonyl (C=O) groups is 1. The molecule has 0 fully saturated rings. The molecule has 0 aliphatic carbocycles. The van der Waals surface area contributed by atoms with E-state index in [1.807, 2.05) is 13.8 Å². The molecule has 0 heterocycles. The number of carbonyl (C=O) groups excluding carboxylic acids is 1. The molecule has 0 rings (SSSR count). The van der Waals surface area contributed by atoms with Gasteiger partial charge in [-0.25, -0.2) is 5.06 Å². The second kappa shape index (κ2) is 8.05. The van der Waals surface area contributed by atoms with Gasteiger partial charge in [0.1, 0.15) is 0 Å². The summed E-state index contributed by atoms with van der Waals surface area (Å²) in [6.07, 6.45) is 3.57. The number of hydrogen-bond donors (Lipinski definition) is 0. The summed E-state index contributed by atoms with van der Waals surface area (Å²) >= 11 is 0. The molecule has 3 heteroatoms. The first-order valence-corrected chi connectivity index (χ1v) is 5.19. The molecule has 0 N–H and O–H groups in total. The maximum Gasteiger partial charge on any atom is 0.245 e. The summed E-state index contributed by atoms with van der Waals surface area (Å²) in [7, 11) is 0. The van der Waals surface area contributed by atoms with E-state index in [2.05, 4.69) is 6.92 Å². The van der Waals surface area contributed by atoms with Gasteiger partial charge in [0, 0.05) is 13.0 Å². The Balaban J connectivity index is 3.73. The van der Waals surface area contributed by atoms with Crippen LogP contribution in [0, 0.1) is 0 Å². The zero-order valence-corrected chi connectivity index (χ0v) is 9.01. The molecule has 0 bridgehead atoms. The highest BCUT2D eigenvalue weighted by atomic mass is 16.7. The Morgan fingerprint density at radius 3 is 2.38 bits per heavy atom. The van der Waals surface area contributed by atoms with Crippen molar-refractivity contribution in [1.82, 2.24) is 5.06 Å². The first-order valence-electron chi connectivity index (χ1n) is 5.19. The molecule has 3 nitrogen and oxygen atoms in total. The summed E-state index contributed by atoms with van der Waals surface area (Å²) in [4.78, 5) is 16.7. The summed E-state index contributed by atoms with van der Waals surface area (Å²) in [5.41, 5.74) is 0. The fraction of sp³-hybridized carbons (Fsp3) is 0.900. The van der Waals surface area contributed by atoms with Crippen molar-refractivity contribution >= 4 is 5.91 Å². The zero-order valence-electron chi connectivity index (χ0n) is 9.01. The van der Waals surface area contributed by atoms with Gasteiger partial charge < -0.3 is 0 Å². The fourth-order valence-electron chi connectivity index (χ4n) is 0.960. The average molecular weight is 187 g/mol. The van der Waals surface area contributed by atoms with Crippen molar-refractivity contribution in [2.75, 3.05) is 13.2 Å². The molecule has 0 spiro atoms. The average Bonchev–Trinajstić information content (AvgIpc) is 2.16. The number of hydroxylamine groups is 2. The lowest BCUT2D eigenvalue weighted by molar-refractivity contribution is -0.186. The van der Waals surface area contributed by atoms with E-state index >= 15 is 0 Å². The standard InChI is InChI=1S/C10H21NO2/c1-4-7-9-13-11(8-5-2)10(12)6-3/h4-9H2,1-3H3. The largest absolute Gasteiger partial charge is 0.273 e. The van der Waals surface area contributed by atoms with Gasteiger partial charge in [0.05, 0.1) is 6.61 Å². The van der Waals surface area contributed by atoms with Crippen molar-refractivity contribution in [2.24, 2.45) is 0 Å². The Bertz CT molecular complexity index is 137. The maximum absolute atomic E-state index is 11.3. The molecule has 0 atom stereocenters. The highest BCUT2D eigenvalue weighted by Gasteiger charge is 2.09. The smallest absolute Gasteiger partial charge is 0.245 e. The van der Waals surface area contributed by atoms with Crippen LogP contribution in [0.3, 0.4) is 0 Å². The molecule has 0 unspecified atom stereocenters. The Morgan fingerprint density at radius 1 is 1.23 bits per heavy atom. The Kier molecular flexibility index (Phi) is 7.69. The number of nitrogens with zero attached hydrogens (tertiary/aromatic N) is 1. The molecule has 0 aromatic heterocycles. The first-order chi connectivity index (χ1) is 6.26. The van der Waals surface area contributed by atoms with Crippen LogP contribution in [0.5, 0.6) is 0 Å². The van der Waals surface area contributed by atoms with Gasteiger partial charge in [-0.2, -0.15) is 0 Å². The van der Waals surface area contributed by atoms with Gasteiger partial charge >= 0.3 is 0 Å². The fourth-order valence-corrected chi connectivity index (χ4v) is 0.960. The lowest BCUT2D eigenvalue weighted by atomic mass is 10.4. The van der Waals surface area contributed by atoms with Crippen LogP contribution in [-0.2, 0) is 9.63 Å². The second-order valence-corrected chi connectivity index (χ2v) is 3.04. The van der Waals surface area contributed by atoms with Crippen LogP contribution in [0.1, 0.15) is 46.5 Å². The number of rotatable bonds is 7. The molecule has 0 aliphatic rings. The van der Waals surface area contributed by atoms with Crippen molar-refractivity contribution in [3.05, 3.63) is 0 Å². The zero-order chi connectivity index (χ0) is 10.1. The maximum atomic E-state index is 11.3. The lowest BCUT2D eigenvalue weighted by Crippen LogP contribution is -2.31. The van der Waals surface area contributed by atoms with Gasteiger partial charge in [-0.05, 0) is 12.8 Å². The second-order valence-electron chi connectivity index (χ2n) is 3.04. The van der Waals surface area contributed by atoms with Crippen molar-refractivity contribution in [1.29, 1.82) is 0 Å². The van der Waals surface area contributed by atoms with Crippen LogP contribution in [-0.4, -0.2) is 24.1 Å². The monoisotopic (exact) mass is 187 g/mol. The van der Waals surface area contributed by atoms with Crippen LogP contribution in [0.25, 0.3) is 0 Å². The third-order valence-corrected chi connectivity index (χ3v) is 1.75. The predicted octanol–water partition coefficient (Wildman–Crippen LogP) is 2.37. The van der Waals surface area contributed by atoms with Crippen LogP contribution in [0.4, 0.5) is 0 Å². The number of hydrogen-bond acceptors (Lipinski definition) is 2. The highest BCUT2D eigenvalue weighted by molar-refractivity contribution is 5.74. The topological polar surface area (TPSA) is 29.5 Å². The minimum Gasteiger partial charge on any atom is -0.273 e. The molecule has 0 aliphatic heterocycles. The van der Waals surface area contributed by atoms with Gasteiger partial charge in [0.25, 0.3) is 0 Å². The molecule has 1 amide bonds. The number of amides is 1. The van der Waals surface area contributed by atoms with E-state index in [4.69, 9.17) is 4.84 Å². The molecule has 0 aromatic rings. The van der Waals surface area contributed by atoms with Gasteiger partial charge in [-0.3, -0.25) is 9.63 Å². The molecular formula is C10H21NO2. The SMILES string of the molecule is CCCCON(CCC)C(=O)CC. The van der Waals surface area contributed by atoms with Crippen LogP contribution < -0.4 is 0 Å². The Hall–Kier alpha value is -0.570. The van der Waals surface area contributed by atoms with E-state index in [0.29, 0.717) is 19.6 Å². The van der Waals surface area contributed by atoms with Crippen LogP contribution in [0.2, 0.25) is 0 Å². The summed E-state index contributed by atoms with van der Waals surface area (Å²) in [6, 6.07) is 0. The molecule has 78 valence electrons. The van der Waals surface area contributed by atoms with Crippen molar-refractivity contribution in [3.8, 4) is 0 Å². The van der Waals surface area contributed by atoms with Crippen LogP contribution in [0.15, 0.2) is 0 Å². The van der Waals surface area contributed by atoms with Gasteiger partial charge in [0.2, 0.25) is 5.91 Å². The summed E-state index contributed by atoms with van der Waals surface area (Å²) in [5, 5.41) is 1.50. The Labute approximate surface area is 81.0 Å². The summed E-state index contributed by atoms with van der Waals surface area (Å²) in [6.45, 7) is 7.36. The molecule has 0 aromatic carbocycles. The number of unbranched alkanes of at least 4 members (excludes halogenated alkanes) is 1. The summed E-state index contributed by atoms with van der Waals surface area (Å²) < 4.78 is 0. The summed E-state index contributed by atoms with van der Waals surface area (Å²) in [5.74, 6) is 0.0814.